The molecule has 0 saturated carbocycles. The number of sulfone groups is 1. The Balaban J connectivity index is 2.27. The van der Waals surface area contributed by atoms with E-state index in [2.05, 4.69) is 5.32 Å². The van der Waals surface area contributed by atoms with E-state index >= 15 is 0 Å². The van der Waals surface area contributed by atoms with Crippen LogP contribution < -0.4 is 5.32 Å². The van der Waals surface area contributed by atoms with Gasteiger partial charge in [0.05, 0.1) is 4.90 Å². The summed E-state index contributed by atoms with van der Waals surface area (Å²) in [5, 5.41) is 12.7. The number of hydrogen-bond donors (Lipinski definition) is 2. The predicted octanol–water partition coefficient (Wildman–Crippen LogP) is 3.06. The fourth-order valence-electron chi connectivity index (χ4n) is 1.83. The summed E-state index contributed by atoms with van der Waals surface area (Å²) >= 11 is 6.08. The summed E-state index contributed by atoms with van der Waals surface area (Å²) in [5.74, 6) is 0.171. The van der Waals surface area contributed by atoms with Crippen LogP contribution in [0.4, 0.5) is 5.69 Å². The number of benzene rings is 2. The van der Waals surface area contributed by atoms with Crippen LogP contribution in [0.1, 0.15) is 5.56 Å². The summed E-state index contributed by atoms with van der Waals surface area (Å²) in [4.78, 5) is 0.219. The van der Waals surface area contributed by atoms with Crippen molar-refractivity contribution in [2.24, 2.45) is 0 Å². The molecule has 4 nitrogen and oxygen atoms in total. The van der Waals surface area contributed by atoms with Gasteiger partial charge in [0, 0.05) is 29.1 Å². The first-order chi connectivity index (χ1) is 9.38. The molecule has 0 aliphatic carbocycles. The smallest absolute Gasteiger partial charge is 0.175 e. The molecule has 0 unspecified atom stereocenters. The standard InChI is InChI=1S/C14H14ClNO3S/c1-20(18,19)14-4-2-3-13(15)12(14)9-16-10-5-7-11(17)8-6-10/h2-8,16-17H,9H2,1H3. The van der Waals surface area contributed by atoms with Crippen LogP contribution >= 0.6 is 11.6 Å². The maximum Gasteiger partial charge on any atom is 0.175 e. The normalized spacial score (nSPS) is 11.3. The minimum absolute atomic E-state index is 0.171. The molecule has 6 heteroatoms. The van der Waals surface area contributed by atoms with Crippen LogP contribution in [-0.4, -0.2) is 19.8 Å². The molecule has 0 radical (unpaired) electrons. The van der Waals surface area contributed by atoms with Gasteiger partial charge >= 0.3 is 0 Å². The van der Waals surface area contributed by atoms with Gasteiger partial charge in [-0.05, 0) is 36.4 Å². The molecule has 0 atom stereocenters. The van der Waals surface area contributed by atoms with Crippen molar-refractivity contribution < 1.29 is 13.5 Å². The lowest BCUT2D eigenvalue weighted by molar-refractivity contribution is 0.475. The molecule has 0 aromatic heterocycles. The lowest BCUT2D eigenvalue weighted by Crippen LogP contribution is -2.07. The number of phenols is 1. The van der Waals surface area contributed by atoms with Gasteiger partial charge in [-0.1, -0.05) is 17.7 Å². The maximum atomic E-state index is 11.7. The van der Waals surface area contributed by atoms with Crippen molar-refractivity contribution in [2.75, 3.05) is 11.6 Å². The van der Waals surface area contributed by atoms with E-state index in [0.29, 0.717) is 10.6 Å². The summed E-state index contributed by atoms with van der Waals surface area (Å²) < 4.78 is 23.5. The second-order valence-electron chi connectivity index (χ2n) is 4.39. The van der Waals surface area contributed by atoms with E-state index in [1.165, 1.54) is 6.07 Å². The van der Waals surface area contributed by atoms with Gasteiger partial charge in [0.15, 0.2) is 9.84 Å². The average molecular weight is 312 g/mol. The van der Waals surface area contributed by atoms with Crippen LogP contribution in [-0.2, 0) is 16.4 Å². The molecule has 0 fully saturated rings. The molecular weight excluding hydrogens is 298 g/mol. The Kier molecular flexibility index (Phi) is 4.20. The second-order valence-corrected chi connectivity index (χ2v) is 6.78. The molecular formula is C14H14ClNO3S. The molecule has 0 saturated heterocycles. The summed E-state index contributed by atoms with van der Waals surface area (Å²) in [5.41, 5.74) is 1.30. The summed E-state index contributed by atoms with van der Waals surface area (Å²) in [6, 6.07) is 11.3. The molecule has 2 rings (SSSR count). The van der Waals surface area contributed by atoms with Crippen LogP contribution in [0.2, 0.25) is 5.02 Å². The zero-order valence-electron chi connectivity index (χ0n) is 10.8. The van der Waals surface area contributed by atoms with E-state index in [1.54, 1.807) is 36.4 Å². The van der Waals surface area contributed by atoms with Crippen molar-refractivity contribution in [3.05, 3.63) is 53.1 Å². The van der Waals surface area contributed by atoms with Gasteiger partial charge in [0.2, 0.25) is 0 Å². The Hall–Kier alpha value is -1.72. The predicted molar refractivity (Wildman–Crippen MR) is 80.0 cm³/mol. The van der Waals surface area contributed by atoms with E-state index < -0.39 is 9.84 Å². The van der Waals surface area contributed by atoms with Gasteiger partial charge in [-0.3, -0.25) is 0 Å². The zero-order valence-corrected chi connectivity index (χ0v) is 12.4. The molecule has 2 N–H and O–H groups in total. The van der Waals surface area contributed by atoms with Crippen molar-refractivity contribution >= 4 is 27.1 Å². The summed E-state index contributed by atoms with van der Waals surface area (Å²) in [6.07, 6.45) is 1.16. The number of rotatable bonds is 4. The van der Waals surface area contributed by atoms with E-state index in [4.69, 9.17) is 11.6 Å². The number of hydrogen-bond acceptors (Lipinski definition) is 4. The minimum atomic E-state index is -3.33. The quantitative estimate of drug-likeness (QED) is 0.852. The lowest BCUT2D eigenvalue weighted by atomic mass is 10.2. The van der Waals surface area contributed by atoms with Gasteiger partial charge in [0.1, 0.15) is 5.75 Å². The molecule has 0 spiro atoms. The highest BCUT2D eigenvalue weighted by Gasteiger charge is 2.15. The Morgan fingerprint density at radius 3 is 2.40 bits per heavy atom. The molecule has 0 bridgehead atoms. The van der Waals surface area contributed by atoms with E-state index in [9.17, 15) is 13.5 Å². The van der Waals surface area contributed by atoms with Crippen molar-refractivity contribution in [3.8, 4) is 5.75 Å². The second kappa shape index (κ2) is 5.73. The van der Waals surface area contributed by atoms with Crippen LogP contribution in [0.3, 0.4) is 0 Å². The number of aromatic hydroxyl groups is 1. The van der Waals surface area contributed by atoms with E-state index in [1.807, 2.05) is 0 Å². The van der Waals surface area contributed by atoms with Crippen molar-refractivity contribution in [1.29, 1.82) is 0 Å². The highest BCUT2D eigenvalue weighted by atomic mass is 35.5. The lowest BCUT2D eigenvalue weighted by Gasteiger charge is -2.12. The van der Waals surface area contributed by atoms with Crippen molar-refractivity contribution in [3.63, 3.8) is 0 Å². The highest BCUT2D eigenvalue weighted by molar-refractivity contribution is 7.90. The maximum absolute atomic E-state index is 11.7. The molecule has 0 aliphatic heterocycles. The van der Waals surface area contributed by atoms with Crippen LogP contribution in [0.5, 0.6) is 5.75 Å². The van der Waals surface area contributed by atoms with Gasteiger partial charge < -0.3 is 10.4 Å². The van der Waals surface area contributed by atoms with Gasteiger partial charge in [0.25, 0.3) is 0 Å². The molecule has 106 valence electrons. The Labute approximate surface area is 122 Å². The number of nitrogens with one attached hydrogen (secondary N) is 1. The average Bonchev–Trinajstić information content (AvgIpc) is 2.38. The SMILES string of the molecule is CS(=O)(=O)c1cccc(Cl)c1CNc1ccc(O)cc1. The Morgan fingerprint density at radius 2 is 1.80 bits per heavy atom. The first kappa shape index (κ1) is 14.7. The van der Waals surface area contributed by atoms with Crippen molar-refractivity contribution in [2.45, 2.75) is 11.4 Å². The molecule has 0 heterocycles. The fourth-order valence-corrected chi connectivity index (χ4v) is 3.08. The molecule has 0 aliphatic rings. The Morgan fingerprint density at radius 1 is 1.15 bits per heavy atom. The summed E-state index contributed by atoms with van der Waals surface area (Å²) in [6.45, 7) is 0.285. The third kappa shape index (κ3) is 3.43. The van der Waals surface area contributed by atoms with Crippen molar-refractivity contribution in [1.82, 2.24) is 0 Å². The van der Waals surface area contributed by atoms with Crippen LogP contribution in [0.25, 0.3) is 0 Å². The van der Waals surface area contributed by atoms with Gasteiger partial charge in [-0.2, -0.15) is 0 Å². The fraction of sp³-hybridized carbons (Fsp3) is 0.143. The monoisotopic (exact) mass is 311 g/mol. The zero-order chi connectivity index (χ0) is 14.8. The minimum Gasteiger partial charge on any atom is -0.508 e. The first-order valence-electron chi connectivity index (χ1n) is 5.88. The summed E-state index contributed by atoms with van der Waals surface area (Å²) in [7, 11) is -3.33. The topological polar surface area (TPSA) is 66.4 Å². The molecule has 20 heavy (non-hydrogen) atoms. The van der Waals surface area contributed by atoms with E-state index in [0.717, 1.165) is 11.9 Å². The Bertz CT molecular complexity index is 712. The molecule has 2 aromatic rings. The number of anilines is 1. The van der Waals surface area contributed by atoms with Crippen LogP contribution in [0, 0.1) is 0 Å². The van der Waals surface area contributed by atoms with Gasteiger partial charge in [-0.15, -0.1) is 0 Å². The first-order valence-corrected chi connectivity index (χ1v) is 8.15. The number of halogens is 1. The third-order valence-corrected chi connectivity index (χ3v) is 4.35. The van der Waals surface area contributed by atoms with Crippen LogP contribution in [0.15, 0.2) is 47.4 Å². The molecule has 2 aromatic carbocycles. The third-order valence-electron chi connectivity index (χ3n) is 2.81. The largest absolute Gasteiger partial charge is 0.508 e. The number of phenolic OH excluding ortho intramolecular Hbond substituents is 1. The molecule has 0 amide bonds. The van der Waals surface area contributed by atoms with Gasteiger partial charge in [-0.25, -0.2) is 8.42 Å². The highest BCUT2D eigenvalue weighted by Crippen LogP contribution is 2.25. The van der Waals surface area contributed by atoms with E-state index in [-0.39, 0.29) is 17.2 Å².